The zero-order valence-electron chi connectivity index (χ0n) is 13.8. The van der Waals surface area contributed by atoms with Crippen molar-refractivity contribution in [1.82, 2.24) is 20.0 Å². The number of rotatable bonds is 5. The van der Waals surface area contributed by atoms with Crippen molar-refractivity contribution in [1.29, 1.82) is 0 Å². The third-order valence-electron chi connectivity index (χ3n) is 4.00. The molecule has 8 nitrogen and oxygen atoms in total. The molecule has 1 aromatic carbocycles. The van der Waals surface area contributed by atoms with Crippen molar-refractivity contribution >= 4 is 17.8 Å². The van der Waals surface area contributed by atoms with Gasteiger partial charge in [-0.05, 0) is 24.1 Å². The molecule has 2 N–H and O–H groups in total. The number of aryl methyl sites for hydroxylation is 1. The molecule has 0 unspecified atom stereocenters. The van der Waals surface area contributed by atoms with Crippen molar-refractivity contribution in [3.05, 3.63) is 53.1 Å². The Hall–Kier alpha value is -3.23. The van der Waals surface area contributed by atoms with Crippen LogP contribution in [-0.4, -0.2) is 50.7 Å². The van der Waals surface area contributed by atoms with Crippen LogP contribution in [0.4, 0.5) is 4.39 Å². The van der Waals surface area contributed by atoms with Crippen LogP contribution in [-0.2, 0) is 17.9 Å². The van der Waals surface area contributed by atoms with E-state index < -0.39 is 18.4 Å². The molecule has 0 fully saturated rings. The summed E-state index contributed by atoms with van der Waals surface area (Å²) >= 11 is 0. The van der Waals surface area contributed by atoms with Crippen molar-refractivity contribution in [2.45, 2.75) is 19.5 Å². The molecule has 0 bridgehead atoms. The van der Waals surface area contributed by atoms with E-state index in [4.69, 9.17) is 5.11 Å². The molecule has 0 aliphatic carbocycles. The highest BCUT2D eigenvalue weighted by Crippen LogP contribution is 2.17. The first-order valence-corrected chi connectivity index (χ1v) is 8.05. The maximum Gasteiger partial charge on any atom is 0.322 e. The summed E-state index contributed by atoms with van der Waals surface area (Å²) in [6.45, 7) is 0.782. The number of nitrogens with one attached hydrogen (secondary N) is 1. The van der Waals surface area contributed by atoms with Crippen LogP contribution in [0.3, 0.4) is 0 Å². The fraction of sp³-hybridized carbons (Fsp3) is 0.294. The van der Waals surface area contributed by atoms with Gasteiger partial charge in [-0.15, -0.1) is 0 Å². The first-order chi connectivity index (χ1) is 12.4. The standard InChI is InChI=1S/C17H17FN4O4/c18-12-4-2-11(3-5-12)10-21-6-1-7-22-14(17(21)26)8-13(20-22)16(25)19-9-15(23)24/h2-5,8H,1,6-7,9-10H2,(H,19,25)(H,23,24). The summed E-state index contributed by atoms with van der Waals surface area (Å²) in [5.74, 6) is -2.44. The van der Waals surface area contributed by atoms with E-state index in [1.807, 2.05) is 0 Å². The molecular weight excluding hydrogens is 343 g/mol. The molecule has 0 atom stereocenters. The molecule has 2 heterocycles. The number of carbonyl (C=O) groups is 3. The molecule has 9 heteroatoms. The summed E-state index contributed by atoms with van der Waals surface area (Å²) < 4.78 is 14.5. The lowest BCUT2D eigenvalue weighted by Gasteiger charge is -2.20. The van der Waals surface area contributed by atoms with Gasteiger partial charge in [0.15, 0.2) is 5.69 Å². The normalized spacial score (nSPS) is 13.9. The number of carboxylic acid groups (broad SMARTS) is 1. The molecule has 0 spiro atoms. The minimum absolute atomic E-state index is 0.00164. The third-order valence-corrected chi connectivity index (χ3v) is 4.00. The van der Waals surface area contributed by atoms with Crippen LogP contribution in [0.25, 0.3) is 0 Å². The number of halogens is 1. The molecule has 3 rings (SSSR count). The van der Waals surface area contributed by atoms with Crippen LogP contribution in [0.2, 0.25) is 0 Å². The van der Waals surface area contributed by atoms with Gasteiger partial charge >= 0.3 is 5.97 Å². The van der Waals surface area contributed by atoms with Gasteiger partial charge in [-0.2, -0.15) is 5.10 Å². The zero-order chi connectivity index (χ0) is 18.7. The quantitative estimate of drug-likeness (QED) is 0.824. The lowest BCUT2D eigenvalue weighted by Crippen LogP contribution is -2.31. The number of nitrogens with zero attached hydrogens (tertiary/aromatic N) is 3. The molecule has 0 saturated heterocycles. The van der Waals surface area contributed by atoms with Gasteiger partial charge in [-0.1, -0.05) is 12.1 Å². The van der Waals surface area contributed by atoms with Crippen molar-refractivity contribution in [2.24, 2.45) is 0 Å². The topological polar surface area (TPSA) is 105 Å². The number of carboxylic acids is 1. The summed E-state index contributed by atoms with van der Waals surface area (Å²) in [7, 11) is 0. The monoisotopic (exact) mass is 360 g/mol. The number of aliphatic carboxylic acids is 1. The Labute approximate surface area is 148 Å². The minimum atomic E-state index is -1.17. The van der Waals surface area contributed by atoms with Crippen molar-refractivity contribution in [2.75, 3.05) is 13.1 Å². The number of carbonyl (C=O) groups excluding carboxylic acids is 2. The highest BCUT2D eigenvalue weighted by Gasteiger charge is 2.26. The Balaban J connectivity index is 1.77. The van der Waals surface area contributed by atoms with E-state index in [1.165, 1.54) is 22.9 Å². The zero-order valence-corrected chi connectivity index (χ0v) is 13.8. The van der Waals surface area contributed by atoms with E-state index in [9.17, 15) is 18.8 Å². The third kappa shape index (κ3) is 3.88. The molecule has 0 saturated carbocycles. The Morgan fingerprint density at radius 1 is 1.23 bits per heavy atom. The average molecular weight is 360 g/mol. The molecule has 26 heavy (non-hydrogen) atoms. The van der Waals surface area contributed by atoms with Crippen LogP contribution < -0.4 is 5.32 Å². The molecule has 0 radical (unpaired) electrons. The fourth-order valence-corrected chi connectivity index (χ4v) is 2.75. The van der Waals surface area contributed by atoms with Gasteiger partial charge < -0.3 is 15.3 Å². The highest BCUT2D eigenvalue weighted by atomic mass is 19.1. The van der Waals surface area contributed by atoms with Gasteiger partial charge in [0.2, 0.25) is 0 Å². The average Bonchev–Trinajstić information content (AvgIpc) is 2.98. The van der Waals surface area contributed by atoms with Gasteiger partial charge in [0, 0.05) is 25.7 Å². The second-order valence-corrected chi connectivity index (χ2v) is 5.92. The lowest BCUT2D eigenvalue weighted by molar-refractivity contribution is -0.135. The predicted octanol–water partition coefficient (Wildman–Crippen LogP) is 0.883. The van der Waals surface area contributed by atoms with Gasteiger partial charge in [-0.25, -0.2) is 4.39 Å². The van der Waals surface area contributed by atoms with Gasteiger partial charge in [0.25, 0.3) is 11.8 Å². The summed E-state index contributed by atoms with van der Waals surface area (Å²) in [6, 6.07) is 7.28. The Morgan fingerprint density at radius 3 is 2.65 bits per heavy atom. The van der Waals surface area contributed by atoms with E-state index in [0.29, 0.717) is 26.1 Å². The number of aromatic nitrogens is 2. The van der Waals surface area contributed by atoms with Gasteiger partial charge in [0.05, 0.1) is 0 Å². The van der Waals surface area contributed by atoms with Crippen LogP contribution in [0.15, 0.2) is 30.3 Å². The van der Waals surface area contributed by atoms with Crippen molar-refractivity contribution in [3.8, 4) is 0 Å². The van der Waals surface area contributed by atoms with Gasteiger partial charge in [0.1, 0.15) is 18.1 Å². The first kappa shape index (κ1) is 17.6. The number of amides is 2. The molecule has 1 aliphatic heterocycles. The van der Waals surface area contributed by atoms with E-state index in [1.54, 1.807) is 17.0 Å². The lowest BCUT2D eigenvalue weighted by atomic mass is 10.2. The van der Waals surface area contributed by atoms with Crippen molar-refractivity contribution in [3.63, 3.8) is 0 Å². The molecule has 2 amide bonds. The summed E-state index contributed by atoms with van der Waals surface area (Å²) in [4.78, 5) is 36.9. The van der Waals surface area contributed by atoms with Gasteiger partial charge in [-0.3, -0.25) is 19.1 Å². The Bertz CT molecular complexity index is 847. The molecular formula is C17H17FN4O4. The van der Waals surface area contributed by atoms with E-state index in [-0.39, 0.29) is 23.1 Å². The molecule has 1 aromatic heterocycles. The Kier molecular flexibility index (Phi) is 4.97. The minimum Gasteiger partial charge on any atom is -0.480 e. The van der Waals surface area contributed by atoms with E-state index in [0.717, 1.165) is 5.56 Å². The first-order valence-electron chi connectivity index (χ1n) is 8.05. The SMILES string of the molecule is O=C(O)CNC(=O)c1cc2n(n1)CCCN(Cc1ccc(F)cc1)C2=O. The molecule has 1 aliphatic rings. The highest BCUT2D eigenvalue weighted by molar-refractivity contribution is 5.98. The van der Waals surface area contributed by atoms with E-state index in [2.05, 4.69) is 10.4 Å². The second kappa shape index (κ2) is 7.34. The predicted molar refractivity (Wildman–Crippen MR) is 88.0 cm³/mol. The van der Waals surface area contributed by atoms with Crippen molar-refractivity contribution < 1.29 is 23.9 Å². The maximum absolute atomic E-state index is 13.0. The van der Waals surface area contributed by atoms with Crippen LogP contribution in [0, 0.1) is 5.82 Å². The number of hydrogen-bond acceptors (Lipinski definition) is 4. The van der Waals surface area contributed by atoms with Crippen LogP contribution in [0.1, 0.15) is 33.0 Å². The Morgan fingerprint density at radius 2 is 1.96 bits per heavy atom. The number of fused-ring (bicyclic) bond motifs is 1. The van der Waals surface area contributed by atoms with Crippen LogP contribution >= 0.6 is 0 Å². The second-order valence-electron chi connectivity index (χ2n) is 5.92. The number of benzene rings is 1. The number of hydrogen-bond donors (Lipinski definition) is 2. The summed E-state index contributed by atoms with van der Waals surface area (Å²) in [6.07, 6.45) is 0.651. The van der Waals surface area contributed by atoms with E-state index >= 15 is 0 Å². The maximum atomic E-state index is 13.0. The fourth-order valence-electron chi connectivity index (χ4n) is 2.75. The largest absolute Gasteiger partial charge is 0.480 e. The molecule has 136 valence electrons. The summed E-state index contributed by atoms with van der Waals surface area (Å²) in [5.41, 5.74) is 1.07. The summed E-state index contributed by atoms with van der Waals surface area (Å²) in [5, 5.41) is 14.9. The smallest absolute Gasteiger partial charge is 0.322 e. The molecule has 2 aromatic rings. The van der Waals surface area contributed by atoms with Crippen LogP contribution in [0.5, 0.6) is 0 Å².